The van der Waals surface area contributed by atoms with E-state index in [-0.39, 0.29) is 0 Å². The van der Waals surface area contributed by atoms with Crippen LogP contribution in [0.1, 0.15) is 0 Å². The van der Waals surface area contributed by atoms with Crippen molar-refractivity contribution < 1.29 is 4.74 Å². The number of nitrogens with zero attached hydrogens (tertiary/aromatic N) is 2. The SMILES string of the molecule is Cn1cc(OCCSc2ccccc2)cn1. The average molecular weight is 234 g/mol. The zero-order valence-electron chi connectivity index (χ0n) is 9.17. The van der Waals surface area contributed by atoms with Gasteiger partial charge in [-0.1, -0.05) is 18.2 Å². The first kappa shape index (κ1) is 11.1. The predicted molar refractivity (Wildman–Crippen MR) is 65.9 cm³/mol. The Labute approximate surface area is 99.4 Å². The lowest BCUT2D eigenvalue weighted by Crippen LogP contribution is -1.99. The highest BCUT2D eigenvalue weighted by Gasteiger charge is 1.97. The first-order valence-electron chi connectivity index (χ1n) is 5.14. The average Bonchev–Trinajstić information content (AvgIpc) is 2.72. The second-order valence-electron chi connectivity index (χ2n) is 3.36. The molecule has 16 heavy (non-hydrogen) atoms. The van der Waals surface area contributed by atoms with Crippen LogP contribution in [0.4, 0.5) is 0 Å². The molecule has 1 heterocycles. The first-order valence-corrected chi connectivity index (χ1v) is 6.12. The van der Waals surface area contributed by atoms with E-state index in [1.807, 2.05) is 31.4 Å². The van der Waals surface area contributed by atoms with Gasteiger partial charge in [-0.3, -0.25) is 4.68 Å². The number of hydrogen-bond donors (Lipinski definition) is 0. The molecule has 0 unspecified atom stereocenters. The number of rotatable bonds is 5. The summed E-state index contributed by atoms with van der Waals surface area (Å²) in [7, 11) is 1.88. The third kappa shape index (κ3) is 3.31. The molecule has 3 nitrogen and oxygen atoms in total. The van der Waals surface area contributed by atoms with Gasteiger partial charge in [0.1, 0.15) is 0 Å². The van der Waals surface area contributed by atoms with E-state index in [1.165, 1.54) is 4.90 Å². The Morgan fingerprint density at radius 3 is 2.81 bits per heavy atom. The maximum absolute atomic E-state index is 5.54. The van der Waals surface area contributed by atoms with Crippen LogP contribution in [0, 0.1) is 0 Å². The van der Waals surface area contributed by atoms with Gasteiger partial charge in [0.05, 0.1) is 19.0 Å². The predicted octanol–water partition coefficient (Wildman–Crippen LogP) is 2.59. The van der Waals surface area contributed by atoms with Crippen LogP contribution in [0.2, 0.25) is 0 Å². The van der Waals surface area contributed by atoms with E-state index in [1.54, 1.807) is 22.6 Å². The largest absolute Gasteiger partial charge is 0.489 e. The Morgan fingerprint density at radius 1 is 1.31 bits per heavy atom. The number of aromatic nitrogens is 2. The molecule has 0 radical (unpaired) electrons. The normalized spacial score (nSPS) is 10.3. The molecule has 0 N–H and O–H groups in total. The summed E-state index contributed by atoms with van der Waals surface area (Å²) in [5.41, 5.74) is 0. The molecule has 1 aromatic carbocycles. The van der Waals surface area contributed by atoms with E-state index >= 15 is 0 Å². The number of thioether (sulfide) groups is 1. The van der Waals surface area contributed by atoms with Gasteiger partial charge in [-0.2, -0.15) is 5.10 Å². The molecule has 0 atom stereocenters. The maximum atomic E-state index is 5.54. The minimum atomic E-state index is 0.700. The van der Waals surface area contributed by atoms with Gasteiger partial charge in [0, 0.05) is 17.7 Å². The van der Waals surface area contributed by atoms with Gasteiger partial charge in [-0.05, 0) is 12.1 Å². The minimum Gasteiger partial charge on any atom is -0.489 e. The van der Waals surface area contributed by atoms with Crippen molar-refractivity contribution in [3.63, 3.8) is 0 Å². The van der Waals surface area contributed by atoms with Crippen LogP contribution in [0.5, 0.6) is 5.75 Å². The fourth-order valence-electron chi connectivity index (χ4n) is 1.31. The number of aryl methyl sites for hydroxylation is 1. The smallest absolute Gasteiger partial charge is 0.157 e. The van der Waals surface area contributed by atoms with Crippen LogP contribution < -0.4 is 4.74 Å². The van der Waals surface area contributed by atoms with Crippen LogP contribution in [-0.2, 0) is 7.05 Å². The molecule has 0 aliphatic carbocycles. The second-order valence-corrected chi connectivity index (χ2v) is 4.53. The molecular formula is C12H14N2OS. The second kappa shape index (κ2) is 5.61. The highest BCUT2D eigenvalue weighted by Crippen LogP contribution is 2.17. The molecule has 4 heteroatoms. The van der Waals surface area contributed by atoms with Crippen molar-refractivity contribution in [3.05, 3.63) is 42.7 Å². The summed E-state index contributed by atoms with van der Waals surface area (Å²) in [6, 6.07) is 10.3. The van der Waals surface area contributed by atoms with E-state index in [4.69, 9.17) is 4.74 Å². The van der Waals surface area contributed by atoms with Gasteiger partial charge in [0.25, 0.3) is 0 Å². The third-order valence-corrected chi connectivity index (χ3v) is 3.02. The monoisotopic (exact) mass is 234 g/mol. The van der Waals surface area contributed by atoms with Gasteiger partial charge in [0.15, 0.2) is 5.75 Å². The molecule has 0 bridgehead atoms. The first-order chi connectivity index (χ1) is 7.84. The Balaban J connectivity index is 1.69. The lowest BCUT2D eigenvalue weighted by atomic mass is 10.4. The fourth-order valence-corrected chi connectivity index (χ4v) is 2.06. The summed E-state index contributed by atoms with van der Waals surface area (Å²) in [5.74, 6) is 1.77. The summed E-state index contributed by atoms with van der Waals surface area (Å²) in [6.45, 7) is 0.700. The topological polar surface area (TPSA) is 27.1 Å². The van der Waals surface area contributed by atoms with Crippen molar-refractivity contribution in [2.24, 2.45) is 7.05 Å². The van der Waals surface area contributed by atoms with E-state index in [2.05, 4.69) is 17.2 Å². The molecule has 1 aromatic heterocycles. The quantitative estimate of drug-likeness (QED) is 0.588. The summed E-state index contributed by atoms with van der Waals surface area (Å²) < 4.78 is 7.28. The number of ether oxygens (including phenoxy) is 1. The van der Waals surface area contributed by atoms with Gasteiger partial charge < -0.3 is 4.74 Å². The van der Waals surface area contributed by atoms with Gasteiger partial charge in [0.2, 0.25) is 0 Å². The van der Waals surface area contributed by atoms with Crippen molar-refractivity contribution in [2.45, 2.75) is 4.90 Å². The zero-order valence-corrected chi connectivity index (χ0v) is 9.98. The third-order valence-electron chi connectivity index (χ3n) is 2.05. The van der Waals surface area contributed by atoms with Crippen molar-refractivity contribution in [1.82, 2.24) is 9.78 Å². The van der Waals surface area contributed by atoms with E-state index in [0.29, 0.717) is 6.61 Å². The van der Waals surface area contributed by atoms with Crippen LogP contribution in [0.15, 0.2) is 47.6 Å². The zero-order chi connectivity index (χ0) is 11.2. The molecule has 0 fully saturated rings. The molecule has 0 amide bonds. The molecule has 84 valence electrons. The summed E-state index contributed by atoms with van der Waals surface area (Å²) in [4.78, 5) is 1.28. The Hall–Kier alpha value is -1.42. The standard InChI is InChI=1S/C12H14N2OS/c1-14-10-11(9-13-14)15-7-8-16-12-5-3-2-4-6-12/h2-6,9-10H,7-8H2,1H3. The number of benzene rings is 1. The molecular weight excluding hydrogens is 220 g/mol. The van der Waals surface area contributed by atoms with Crippen LogP contribution in [0.3, 0.4) is 0 Å². The van der Waals surface area contributed by atoms with Crippen molar-refractivity contribution in [3.8, 4) is 5.75 Å². The lowest BCUT2D eigenvalue weighted by Gasteiger charge is -2.02. The molecule has 0 aliphatic rings. The van der Waals surface area contributed by atoms with E-state index < -0.39 is 0 Å². The molecule has 0 spiro atoms. The van der Waals surface area contributed by atoms with Crippen LogP contribution in [0.25, 0.3) is 0 Å². The highest BCUT2D eigenvalue weighted by molar-refractivity contribution is 7.99. The highest BCUT2D eigenvalue weighted by atomic mass is 32.2. The molecule has 0 aliphatic heterocycles. The van der Waals surface area contributed by atoms with Crippen molar-refractivity contribution >= 4 is 11.8 Å². The lowest BCUT2D eigenvalue weighted by molar-refractivity contribution is 0.343. The Bertz CT molecular complexity index is 428. The molecule has 0 saturated heterocycles. The Kier molecular flexibility index (Phi) is 3.88. The van der Waals surface area contributed by atoms with E-state index in [9.17, 15) is 0 Å². The number of hydrogen-bond acceptors (Lipinski definition) is 3. The minimum absolute atomic E-state index is 0.700. The molecule has 0 saturated carbocycles. The molecule has 2 aromatic rings. The summed E-state index contributed by atoms with van der Waals surface area (Å²) in [5, 5.41) is 4.04. The fraction of sp³-hybridized carbons (Fsp3) is 0.250. The van der Waals surface area contributed by atoms with Gasteiger partial charge in [-0.15, -0.1) is 11.8 Å². The van der Waals surface area contributed by atoms with Gasteiger partial charge >= 0.3 is 0 Å². The van der Waals surface area contributed by atoms with Gasteiger partial charge in [-0.25, -0.2) is 0 Å². The van der Waals surface area contributed by atoms with Crippen molar-refractivity contribution in [1.29, 1.82) is 0 Å². The summed E-state index contributed by atoms with van der Waals surface area (Å²) in [6.07, 6.45) is 3.60. The van der Waals surface area contributed by atoms with Crippen molar-refractivity contribution in [2.75, 3.05) is 12.4 Å². The van der Waals surface area contributed by atoms with Crippen LogP contribution >= 0.6 is 11.8 Å². The Morgan fingerprint density at radius 2 is 2.12 bits per heavy atom. The van der Waals surface area contributed by atoms with Crippen LogP contribution in [-0.4, -0.2) is 22.1 Å². The summed E-state index contributed by atoms with van der Waals surface area (Å²) >= 11 is 1.79. The maximum Gasteiger partial charge on any atom is 0.157 e. The van der Waals surface area contributed by atoms with E-state index in [0.717, 1.165) is 11.5 Å². The molecule has 2 rings (SSSR count).